The number of anilines is 1. The van der Waals surface area contributed by atoms with Crippen molar-refractivity contribution in [3.63, 3.8) is 0 Å². The van der Waals surface area contributed by atoms with Gasteiger partial charge in [-0.3, -0.25) is 5.41 Å². The Morgan fingerprint density at radius 1 is 1.60 bits per heavy atom. The van der Waals surface area contributed by atoms with Gasteiger partial charge in [-0.15, -0.1) is 0 Å². The van der Waals surface area contributed by atoms with Crippen molar-refractivity contribution in [2.24, 2.45) is 11.1 Å². The van der Waals surface area contributed by atoms with Crippen LogP contribution in [0.5, 0.6) is 0 Å². The van der Waals surface area contributed by atoms with E-state index >= 15 is 0 Å². The molecular weight excluding hydrogens is 210 g/mol. The van der Waals surface area contributed by atoms with E-state index in [9.17, 15) is 0 Å². The predicted molar refractivity (Wildman–Crippen MR) is 61.4 cm³/mol. The third kappa shape index (κ3) is 1.94. The number of rotatable bonds is 2. The maximum atomic E-state index is 7.56. The molecule has 0 amide bonds. The summed E-state index contributed by atoms with van der Waals surface area (Å²) >= 11 is 1.42. The van der Waals surface area contributed by atoms with Crippen molar-refractivity contribution in [2.75, 3.05) is 18.0 Å². The molecule has 82 valence electrons. The molecule has 0 atom stereocenters. The predicted octanol–water partition coefficient (Wildman–Crippen LogP) is 1.08. The molecule has 1 fully saturated rings. The summed E-state index contributed by atoms with van der Waals surface area (Å²) in [7, 11) is 0. The first kappa shape index (κ1) is 10.4. The molecular formula is C9H15N5S. The van der Waals surface area contributed by atoms with Crippen LogP contribution in [-0.2, 0) is 0 Å². The largest absolute Gasteiger partial charge is 0.387 e. The van der Waals surface area contributed by atoms with E-state index in [0.717, 1.165) is 31.1 Å². The van der Waals surface area contributed by atoms with Gasteiger partial charge < -0.3 is 10.6 Å². The summed E-state index contributed by atoms with van der Waals surface area (Å²) in [6.07, 6.45) is 3.42. The Hall–Kier alpha value is -1.17. The topological polar surface area (TPSA) is 78.9 Å². The third-order valence-electron chi connectivity index (χ3n) is 3.14. The van der Waals surface area contributed by atoms with Crippen LogP contribution in [0.4, 0.5) is 5.13 Å². The number of hydrogen-bond donors (Lipinski definition) is 2. The van der Waals surface area contributed by atoms with Gasteiger partial charge in [0, 0.05) is 30.0 Å². The highest BCUT2D eigenvalue weighted by molar-refractivity contribution is 7.09. The monoisotopic (exact) mass is 225 g/mol. The first-order valence-corrected chi connectivity index (χ1v) is 5.75. The maximum Gasteiger partial charge on any atom is 0.204 e. The molecule has 3 N–H and O–H groups in total. The third-order valence-corrected chi connectivity index (χ3v) is 3.86. The van der Waals surface area contributed by atoms with Crippen molar-refractivity contribution in [1.82, 2.24) is 9.36 Å². The fourth-order valence-electron chi connectivity index (χ4n) is 1.77. The summed E-state index contributed by atoms with van der Waals surface area (Å²) in [4.78, 5) is 6.39. The zero-order valence-electron chi connectivity index (χ0n) is 8.73. The zero-order chi connectivity index (χ0) is 10.9. The molecule has 0 aromatic carbocycles. The normalized spacial score (nSPS) is 20.2. The van der Waals surface area contributed by atoms with Gasteiger partial charge in [-0.05, 0) is 12.8 Å². The molecule has 6 heteroatoms. The Morgan fingerprint density at radius 3 is 2.73 bits per heavy atom. The van der Waals surface area contributed by atoms with Gasteiger partial charge in [0.15, 0.2) is 0 Å². The van der Waals surface area contributed by atoms with E-state index in [1.54, 1.807) is 6.33 Å². The van der Waals surface area contributed by atoms with Crippen molar-refractivity contribution < 1.29 is 0 Å². The van der Waals surface area contributed by atoms with Gasteiger partial charge in [-0.1, -0.05) is 6.92 Å². The maximum absolute atomic E-state index is 7.56. The molecule has 0 bridgehead atoms. The van der Waals surface area contributed by atoms with E-state index in [2.05, 4.69) is 21.2 Å². The molecule has 5 nitrogen and oxygen atoms in total. The Balaban J connectivity index is 2.01. The van der Waals surface area contributed by atoms with Crippen molar-refractivity contribution in [3.8, 4) is 0 Å². The van der Waals surface area contributed by atoms with E-state index in [4.69, 9.17) is 11.1 Å². The van der Waals surface area contributed by atoms with E-state index < -0.39 is 0 Å². The summed E-state index contributed by atoms with van der Waals surface area (Å²) in [6.45, 7) is 3.88. The fourth-order valence-corrected chi connectivity index (χ4v) is 2.35. The van der Waals surface area contributed by atoms with E-state index in [1.165, 1.54) is 11.5 Å². The van der Waals surface area contributed by atoms with Crippen LogP contribution in [0.25, 0.3) is 0 Å². The minimum absolute atomic E-state index is 0.124. The van der Waals surface area contributed by atoms with E-state index in [0.29, 0.717) is 5.84 Å². The molecule has 2 heterocycles. The summed E-state index contributed by atoms with van der Waals surface area (Å²) in [5.74, 6) is 0.305. The summed E-state index contributed by atoms with van der Waals surface area (Å²) in [5.41, 5.74) is 5.48. The van der Waals surface area contributed by atoms with Crippen molar-refractivity contribution in [2.45, 2.75) is 19.8 Å². The van der Waals surface area contributed by atoms with Crippen molar-refractivity contribution >= 4 is 22.5 Å². The van der Waals surface area contributed by atoms with Gasteiger partial charge in [0.25, 0.3) is 0 Å². The molecule has 0 unspecified atom stereocenters. The zero-order valence-corrected chi connectivity index (χ0v) is 9.55. The molecule has 1 aliphatic heterocycles. The van der Waals surface area contributed by atoms with Crippen LogP contribution in [0.1, 0.15) is 19.8 Å². The second-order valence-electron chi connectivity index (χ2n) is 4.19. The van der Waals surface area contributed by atoms with Crippen LogP contribution < -0.4 is 10.6 Å². The summed E-state index contributed by atoms with van der Waals surface area (Å²) in [5, 5.41) is 8.53. The number of hydrogen-bond acceptors (Lipinski definition) is 5. The lowest BCUT2D eigenvalue weighted by Crippen LogP contribution is -2.45. The number of nitrogens with two attached hydrogens (primary N) is 1. The first-order chi connectivity index (χ1) is 7.12. The van der Waals surface area contributed by atoms with Crippen molar-refractivity contribution in [1.29, 1.82) is 5.41 Å². The molecule has 1 aromatic heterocycles. The highest BCUT2D eigenvalue weighted by Gasteiger charge is 2.33. The lowest BCUT2D eigenvalue weighted by atomic mass is 9.79. The fraction of sp³-hybridized carbons (Fsp3) is 0.667. The Bertz CT molecular complexity index is 339. The average molecular weight is 225 g/mol. The van der Waals surface area contributed by atoms with Gasteiger partial charge in [-0.25, -0.2) is 4.98 Å². The number of aromatic nitrogens is 2. The van der Waals surface area contributed by atoms with Crippen LogP contribution in [0.3, 0.4) is 0 Å². The van der Waals surface area contributed by atoms with Gasteiger partial charge in [0.05, 0.1) is 5.84 Å². The van der Waals surface area contributed by atoms with Crippen molar-refractivity contribution in [3.05, 3.63) is 6.33 Å². The van der Waals surface area contributed by atoms with Gasteiger partial charge >= 0.3 is 0 Å². The number of nitrogens with zero attached hydrogens (tertiary/aromatic N) is 3. The van der Waals surface area contributed by atoms with Crippen LogP contribution in [-0.4, -0.2) is 28.3 Å². The number of nitrogens with one attached hydrogen (secondary N) is 1. The smallest absolute Gasteiger partial charge is 0.204 e. The Kier molecular flexibility index (Phi) is 2.60. The van der Waals surface area contributed by atoms with E-state index in [1.807, 2.05) is 0 Å². The lowest BCUT2D eigenvalue weighted by molar-refractivity contribution is 0.351. The standard InChI is InChI=1S/C9H15N5S/c1-9(7(10)11)2-4-14(5-3-9)8-12-6-13-15-8/h6H,2-5H2,1H3,(H3,10,11). The quantitative estimate of drug-likeness (QED) is 0.583. The Labute approximate surface area is 93.0 Å². The molecule has 0 saturated carbocycles. The highest BCUT2D eigenvalue weighted by atomic mass is 32.1. The molecule has 1 saturated heterocycles. The molecule has 2 rings (SSSR count). The van der Waals surface area contributed by atoms with Gasteiger partial charge in [0.1, 0.15) is 6.33 Å². The molecule has 1 aliphatic rings. The molecule has 0 spiro atoms. The van der Waals surface area contributed by atoms with Crippen LogP contribution >= 0.6 is 11.5 Å². The van der Waals surface area contributed by atoms with Crippen LogP contribution in [0.2, 0.25) is 0 Å². The summed E-state index contributed by atoms with van der Waals surface area (Å²) in [6, 6.07) is 0. The molecule has 0 radical (unpaired) electrons. The van der Waals surface area contributed by atoms with Gasteiger partial charge in [0.2, 0.25) is 5.13 Å². The SMILES string of the molecule is CC1(C(=N)N)CCN(c2ncns2)CC1. The lowest BCUT2D eigenvalue weighted by Gasteiger charge is -2.38. The molecule has 15 heavy (non-hydrogen) atoms. The minimum atomic E-state index is -0.124. The highest BCUT2D eigenvalue weighted by Crippen LogP contribution is 2.32. The van der Waals surface area contributed by atoms with E-state index in [-0.39, 0.29) is 5.41 Å². The van der Waals surface area contributed by atoms with Gasteiger partial charge in [-0.2, -0.15) is 4.37 Å². The molecule has 1 aromatic rings. The second-order valence-corrected chi connectivity index (χ2v) is 4.94. The number of amidine groups is 1. The van der Waals surface area contributed by atoms with Crippen LogP contribution in [0, 0.1) is 10.8 Å². The molecule has 0 aliphatic carbocycles. The Morgan fingerprint density at radius 2 is 2.27 bits per heavy atom. The minimum Gasteiger partial charge on any atom is -0.387 e. The van der Waals surface area contributed by atoms with Crippen LogP contribution in [0.15, 0.2) is 6.33 Å². The number of piperidine rings is 1. The first-order valence-electron chi connectivity index (χ1n) is 4.98. The summed E-state index contributed by atoms with van der Waals surface area (Å²) < 4.78 is 3.99. The average Bonchev–Trinajstić information content (AvgIpc) is 2.72. The second kappa shape index (κ2) is 3.77.